The van der Waals surface area contributed by atoms with Gasteiger partial charge in [-0.1, -0.05) is 0 Å². The molecule has 0 spiro atoms. The van der Waals surface area contributed by atoms with E-state index < -0.39 is 5.91 Å². The SMILES string of the molecule is Cc1cnn(-c2cc(C(N)=O)c(N)cn2)c1. The predicted molar refractivity (Wildman–Crippen MR) is 59.0 cm³/mol. The first-order valence-electron chi connectivity index (χ1n) is 4.65. The van der Waals surface area contributed by atoms with Gasteiger partial charge in [-0.3, -0.25) is 4.79 Å². The first-order chi connectivity index (χ1) is 7.58. The molecule has 0 aliphatic carbocycles. The van der Waals surface area contributed by atoms with Crippen molar-refractivity contribution < 1.29 is 4.79 Å². The third-order valence-electron chi connectivity index (χ3n) is 2.13. The number of primary amides is 1. The summed E-state index contributed by atoms with van der Waals surface area (Å²) in [5.74, 6) is -0.0684. The van der Waals surface area contributed by atoms with Crippen molar-refractivity contribution in [2.24, 2.45) is 5.73 Å². The van der Waals surface area contributed by atoms with E-state index in [4.69, 9.17) is 11.5 Å². The molecule has 16 heavy (non-hydrogen) atoms. The highest BCUT2D eigenvalue weighted by Gasteiger charge is 2.09. The van der Waals surface area contributed by atoms with E-state index in [1.807, 2.05) is 6.92 Å². The maximum absolute atomic E-state index is 11.1. The highest BCUT2D eigenvalue weighted by molar-refractivity contribution is 5.98. The predicted octanol–water partition coefficient (Wildman–Crippen LogP) is 0.257. The molecule has 2 aromatic heterocycles. The maximum atomic E-state index is 11.1. The second-order valence-corrected chi connectivity index (χ2v) is 3.46. The highest BCUT2D eigenvalue weighted by Crippen LogP contribution is 2.13. The van der Waals surface area contributed by atoms with Gasteiger partial charge in [-0.15, -0.1) is 0 Å². The minimum Gasteiger partial charge on any atom is -0.397 e. The number of carbonyl (C=O) groups is 1. The number of anilines is 1. The van der Waals surface area contributed by atoms with Crippen molar-refractivity contribution in [2.45, 2.75) is 6.92 Å². The fourth-order valence-electron chi connectivity index (χ4n) is 1.33. The number of pyridine rings is 1. The van der Waals surface area contributed by atoms with Crippen LogP contribution < -0.4 is 11.5 Å². The molecule has 0 aliphatic heterocycles. The molecule has 2 rings (SSSR count). The van der Waals surface area contributed by atoms with Gasteiger partial charge in [-0.2, -0.15) is 5.10 Å². The number of aryl methyl sites for hydroxylation is 1. The average Bonchev–Trinajstić information content (AvgIpc) is 2.65. The topological polar surface area (TPSA) is 99.8 Å². The molecule has 6 heteroatoms. The second kappa shape index (κ2) is 3.65. The van der Waals surface area contributed by atoms with Crippen LogP contribution in [0, 0.1) is 6.92 Å². The van der Waals surface area contributed by atoms with Gasteiger partial charge in [-0.05, 0) is 18.6 Å². The monoisotopic (exact) mass is 217 g/mol. The Bertz CT molecular complexity index is 546. The molecule has 0 unspecified atom stereocenters. The van der Waals surface area contributed by atoms with Gasteiger partial charge in [0.2, 0.25) is 0 Å². The number of nitrogen functional groups attached to an aromatic ring is 1. The fraction of sp³-hybridized carbons (Fsp3) is 0.100. The van der Waals surface area contributed by atoms with Gasteiger partial charge >= 0.3 is 0 Å². The van der Waals surface area contributed by atoms with Crippen LogP contribution in [0.2, 0.25) is 0 Å². The molecule has 0 saturated carbocycles. The summed E-state index contributed by atoms with van der Waals surface area (Å²) < 4.78 is 1.56. The minimum absolute atomic E-state index is 0.248. The lowest BCUT2D eigenvalue weighted by Crippen LogP contribution is -2.15. The van der Waals surface area contributed by atoms with Gasteiger partial charge in [0.05, 0.1) is 23.6 Å². The van der Waals surface area contributed by atoms with Crippen molar-refractivity contribution in [1.29, 1.82) is 0 Å². The highest BCUT2D eigenvalue weighted by atomic mass is 16.1. The van der Waals surface area contributed by atoms with Crippen LogP contribution in [0.4, 0.5) is 5.69 Å². The summed E-state index contributed by atoms with van der Waals surface area (Å²) in [5, 5.41) is 4.08. The van der Waals surface area contributed by atoms with E-state index in [9.17, 15) is 4.79 Å². The van der Waals surface area contributed by atoms with Crippen LogP contribution in [0.3, 0.4) is 0 Å². The number of aromatic nitrogens is 3. The molecular formula is C10H11N5O. The number of nitrogens with two attached hydrogens (primary N) is 2. The summed E-state index contributed by atoms with van der Waals surface area (Å²) in [6.45, 7) is 1.91. The molecule has 0 radical (unpaired) electrons. The molecule has 0 saturated heterocycles. The first kappa shape index (κ1) is 10.2. The van der Waals surface area contributed by atoms with Crippen molar-refractivity contribution in [3.63, 3.8) is 0 Å². The van der Waals surface area contributed by atoms with E-state index in [-0.39, 0.29) is 11.3 Å². The summed E-state index contributed by atoms with van der Waals surface area (Å²) in [6.07, 6.45) is 4.89. The zero-order valence-corrected chi connectivity index (χ0v) is 8.71. The Morgan fingerprint density at radius 2 is 2.19 bits per heavy atom. The number of nitrogens with zero attached hydrogens (tertiary/aromatic N) is 3. The van der Waals surface area contributed by atoms with Gasteiger partial charge in [0, 0.05) is 6.20 Å². The van der Waals surface area contributed by atoms with E-state index >= 15 is 0 Å². The number of hydrogen-bond donors (Lipinski definition) is 2. The van der Waals surface area contributed by atoms with Crippen molar-refractivity contribution in [1.82, 2.24) is 14.8 Å². The molecule has 0 bridgehead atoms. The molecule has 2 aromatic rings. The van der Waals surface area contributed by atoms with Crippen LogP contribution in [-0.4, -0.2) is 20.7 Å². The third-order valence-corrected chi connectivity index (χ3v) is 2.13. The van der Waals surface area contributed by atoms with Gasteiger partial charge in [-0.25, -0.2) is 9.67 Å². The lowest BCUT2D eigenvalue weighted by molar-refractivity contribution is 0.100. The van der Waals surface area contributed by atoms with E-state index in [0.29, 0.717) is 5.82 Å². The van der Waals surface area contributed by atoms with Crippen LogP contribution in [0.25, 0.3) is 5.82 Å². The molecule has 2 heterocycles. The Labute approximate surface area is 91.9 Å². The number of hydrogen-bond acceptors (Lipinski definition) is 4. The summed E-state index contributed by atoms with van der Waals surface area (Å²) in [5.41, 5.74) is 12.3. The molecule has 6 nitrogen and oxygen atoms in total. The molecule has 82 valence electrons. The normalized spacial score (nSPS) is 10.3. The minimum atomic E-state index is -0.579. The van der Waals surface area contributed by atoms with E-state index in [2.05, 4.69) is 10.1 Å². The van der Waals surface area contributed by atoms with Crippen LogP contribution in [0.15, 0.2) is 24.7 Å². The van der Waals surface area contributed by atoms with Gasteiger partial charge in [0.25, 0.3) is 5.91 Å². The summed E-state index contributed by atoms with van der Waals surface area (Å²) >= 11 is 0. The smallest absolute Gasteiger partial charge is 0.250 e. The second-order valence-electron chi connectivity index (χ2n) is 3.46. The molecule has 0 aliphatic rings. The van der Waals surface area contributed by atoms with Gasteiger partial charge in [0.15, 0.2) is 5.82 Å². The Balaban J connectivity index is 2.51. The number of amides is 1. The maximum Gasteiger partial charge on any atom is 0.250 e. The average molecular weight is 217 g/mol. The Morgan fingerprint density at radius 3 is 2.75 bits per heavy atom. The molecule has 4 N–H and O–H groups in total. The standard InChI is InChI=1S/C10H11N5O/c1-6-3-14-15(5-6)9-2-7(10(12)16)8(11)4-13-9/h2-5H,11H2,1H3,(H2,12,16). The summed E-state index contributed by atoms with van der Waals surface area (Å²) in [6, 6.07) is 1.52. The zero-order valence-electron chi connectivity index (χ0n) is 8.71. The number of rotatable bonds is 2. The van der Waals surface area contributed by atoms with Crippen LogP contribution >= 0.6 is 0 Å². The largest absolute Gasteiger partial charge is 0.397 e. The summed E-state index contributed by atoms with van der Waals surface area (Å²) in [7, 11) is 0. The Kier molecular flexibility index (Phi) is 2.32. The van der Waals surface area contributed by atoms with Crippen molar-refractivity contribution in [2.75, 3.05) is 5.73 Å². The van der Waals surface area contributed by atoms with Crippen molar-refractivity contribution >= 4 is 11.6 Å². The van der Waals surface area contributed by atoms with E-state index in [1.54, 1.807) is 17.1 Å². The first-order valence-corrected chi connectivity index (χ1v) is 4.65. The zero-order chi connectivity index (χ0) is 11.7. The quantitative estimate of drug-likeness (QED) is 0.753. The molecular weight excluding hydrogens is 206 g/mol. The molecule has 0 fully saturated rings. The van der Waals surface area contributed by atoms with Crippen LogP contribution in [0.5, 0.6) is 0 Å². The lowest BCUT2D eigenvalue weighted by Gasteiger charge is -2.04. The van der Waals surface area contributed by atoms with Crippen molar-refractivity contribution in [3.05, 3.63) is 35.8 Å². The molecule has 1 amide bonds. The van der Waals surface area contributed by atoms with Crippen LogP contribution in [-0.2, 0) is 0 Å². The Hall–Kier alpha value is -2.37. The third kappa shape index (κ3) is 1.72. The van der Waals surface area contributed by atoms with Gasteiger partial charge < -0.3 is 11.5 Å². The van der Waals surface area contributed by atoms with Gasteiger partial charge in [0.1, 0.15) is 0 Å². The molecule has 0 aromatic carbocycles. The van der Waals surface area contributed by atoms with Crippen molar-refractivity contribution in [3.8, 4) is 5.82 Å². The van der Waals surface area contributed by atoms with Crippen LogP contribution in [0.1, 0.15) is 15.9 Å². The Morgan fingerprint density at radius 1 is 1.44 bits per heavy atom. The summed E-state index contributed by atoms with van der Waals surface area (Å²) in [4.78, 5) is 15.2. The lowest BCUT2D eigenvalue weighted by atomic mass is 10.2. The fourth-order valence-corrected chi connectivity index (χ4v) is 1.33. The van der Waals surface area contributed by atoms with E-state index in [1.165, 1.54) is 12.3 Å². The van der Waals surface area contributed by atoms with E-state index in [0.717, 1.165) is 5.56 Å². The molecule has 0 atom stereocenters. The number of carbonyl (C=O) groups excluding carboxylic acids is 1.